The molecule has 0 aliphatic heterocycles. The summed E-state index contributed by atoms with van der Waals surface area (Å²) < 4.78 is 7.15. The minimum Gasteiger partial charge on any atom is -0.469 e. The molecule has 2 rings (SSSR count). The zero-order valence-corrected chi connectivity index (χ0v) is 12.0. The van der Waals surface area contributed by atoms with E-state index < -0.39 is 0 Å². The summed E-state index contributed by atoms with van der Waals surface area (Å²) in [6.07, 6.45) is 4.39. The van der Waals surface area contributed by atoms with Crippen LogP contribution in [0.4, 0.5) is 0 Å². The van der Waals surface area contributed by atoms with E-state index in [2.05, 4.69) is 25.7 Å². The van der Waals surface area contributed by atoms with Crippen LogP contribution in [0.25, 0.3) is 5.65 Å². The quantitative estimate of drug-likeness (QED) is 0.626. The van der Waals surface area contributed by atoms with Crippen molar-refractivity contribution in [2.45, 2.75) is 19.3 Å². The number of imidazole rings is 1. The molecule has 0 N–H and O–H groups in total. The lowest BCUT2D eigenvalue weighted by Gasteiger charge is -2.02. The number of esters is 1. The molecule has 0 atom stereocenters. The van der Waals surface area contributed by atoms with Gasteiger partial charge in [-0.1, -0.05) is 0 Å². The van der Waals surface area contributed by atoms with Crippen molar-refractivity contribution in [1.29, 1.82) is 0 Å². The molecule has 5 nitrogen and oxygen atoms in total. The van der Waals surface area contributed by atoms with E-state index in [1.807, 2.05) is 12.1 Å². The summed E-state index contributed by atoms with van der Waals surface area (Å²) in [4.78, 5) is 27.2. The molecule has 0 aliphatic carbocycles. The van der Waals surface area contributed by atoms with Gasteiger partial charge < -0.3 is 4.74 Å². The van der Waals surface area contributed by atoms with Gasteiger partial charge in [0.05, 0.1) is 13.3 Å². The molecule has 2 aromatic heterocycles. The number of pyridine rings is 1. The van der Waals surface area contributed by atoms with Gasteiger partial charge in [-0.2, -0.15) is 0 Å². The number of hydrogen-bond acceptors (Lipinski definition) is 4. The van der Waals surface area contributed by atoms with Crippen molar-refractivity contribution in [3.05, 3.63) is 34.7 Å². The molecular formula is C13H13BrN2O3. The lowest BCUT2D eigenvalue weighted by Crippen LogP contribution is -2.06. The first kappa shape index (κ1) is 13.7. The number of halogens is 1. The van der Waals surface area contributed by atoms with Gasteiger partial charge in [-0.05, 0) is 34.5 Å². The van der Waals surface area contributed by atoms with E-state index in [1.54, 1.807) is 16.8 Å². The second-order valence-electron chi connectivity index (χ2n) is 4.07. The Kier molecular flexibility index (Phi) is 4.31. The van der Waals surface area contributed by atoms with Crippen LogP contribution in [0, 0.1) is 0 Å². The lowest BCUT2D eigenvalue weighted by atomic mass is 10.1. The molecule has 0 amide bonds. The molecule has 0 saturated heterocycles. The maximum atomic E-state index is 12.1. The van der Waals surface area contributed by atoms with Crippen LogP contribution in [0.2, 0.25) is 0 Å². The van der Waals surface area contributed by atoms with Gasteiger partial charge in [0.2, 0.25) is 0 Å². The fourth-order valence-corrected chi connectivity index (χ4v) is 2.12. The topological polar surface area (TPSA) is 60.7 Å². The molecule has 0 saturated carbocycles. The summed E-state index contributed by atoms with van der Waals surface area (Å²) in [5.74, 6) is -0.330. The maximum absolute atomic E-state index is 12.1. The molecule has 2 heterocycles. The number of Topliss-reactive ketones (excluding diaryl/α,β-unsaturated/α-hetero) is 1. The number of rotatable bonds is 5. The molecule has 0 spiro atoms. The number of nitrogens with zero attached hydrogens (tertiary/aromatic N) is 2. The van der Waals surface area contributed by atoms with Crippen molar-refractivity contribution in [1.82, 2.24) is 9.38 Å². The number of ketones is 1. The summed E-state index contributed by atoms with van der Waals surface area (Å²) in [7, 11) is 1.34. The third-order valence-corrected chi connectivity index (χ3v) is 3.24. The number of carbonyl (C=O) groups is 2. The average molecular weight is 325 g/mol. The summed E-state index contributed by atoms with van der Waals surface area (Å²) in [5.41, 5.74) is 1.25. The van der Waals surface area contributed by atoms with Crippen LogP contribution in [0.5, 0.6) is 0 Å². The van der Waals surface area contributed by atoms with Crippen molar-refractivity contribution in [2.75, 3.05) is 7.11 Å². The van der Waals surface area contributed by atoms with Gasteiger partial charge in [-0.3, -0.25) is 14.0 Å². The highest BCUT2D eigenvalue weighted by Crippen LogP contribution is 2.15. The Bertz CT molecular complexity index is 621. The second-order valence-corrected chi connectivity index (χ2v) is 4.99. The van der Waals surface area contributed by atoms with Gasteiger partial charge in [-0.25, -0.2) is 4.98 Å². The summed E-state index contributed by atoms with van der Waals surface area (Å²) >= 11 is 3.36. The Hall–Kier alpha value is -1.69. The monoisotopic (exact) mass is 324 g/mol. The maximum Gasteiger partial charge on any atom is 0.305 e. The highest BCUT2D eigenvalue weighted by molar-refractivity contribution is 9.10. The van der Waals surface area contributed by atoms with Gasteiger partial charge in [0.15, 0.2) is 5.78 Å². The fourth-order valence-electron chi connectivity index (χ4n) is 1.78. The number of fused-ring (bicyclic) bond motifs is 1. The Morgan fingerprint density at radius 1 is 1.37 bits per heavy atom. The first-order chi connectivity index (χ1) is 9.11. The number of carbonyl (C=O) groups excluding carboxylic acids is 2. The van der Waals surface area contributed by atoms with Crippen molar-refractivity contribution in [2.24, 2.45) is 0 Å². The van der Waals surface area contributed by atoms with Crippen LogP contribution in [-0.4, -0.2) is 28.2 Å². The van der Waals surface area contributed by atoms with E-state index in [1.165, 1.54) is 7.11 Å². The molecule has 6 heteroatoms. The molecule has 0 aromatic carbocycles. The van der Waals surface area contributed by atoms with Crippen LogP contribution >= 0.6 is 15.9 Å². The van der Waals surface area contributed by atoms with Crippen molar-refractivity contribution < 1.29 is 14.3 Å². The van der Waals surface area contributed by atoms with Crippen LogP contribution in [0.3, 0.4) is 0 Å². The zero-order valence-electron chi connectivity index (χ0n) is 10.4. The van der Waals surface area contributed by atoms with E-state index >= 15 is 0 Å². The molecule has 0 bridgehead atoms. The van der Waals surface area contributed by atoms with Crippen molar-refractivity contribution >= 4 is 33.3 Å². The minimum atomic E-state index is -0.298. The zero-order chi connectivity index (χ0) is 13.8. The predicted octanol–water partition coefficient (Wildman–Crippen LogP) is 2.62. The van der Waals surface area contributed by atoms with Crippen LogP contribution in [0.15, 0.2) is 29.0 Å². The average Bonchev–Trinajstić information content (AvgIpc) is 2.81. The van der Waals surface area contributed by atoms with E-state index in [0.29, 0.717) is 18.5 Å². The molecule has 0 aliphatic rings. The van der Waals surface area contributed by atoms with E-state index in [0.717, 1.165) is 10.1 Å². The SMILES string of the molecule is COC(=O)CCCC(=O)c1cnc2ccc(Br)cn12. The van der Waals surface area contributed by atoms with E-state index in [4.69, 9.17) is 0 Å². The predicted molar refractivity (Wildman–Crippen MR) is 73.1 cm³/mol. The smallest absolute Gasteiger partial charge is 0.305 e. The highest BCUT2D eigenvalue weighted by atomic mass is 79.9. The normalized spacial score (nSPS) is 10.6. The van der Waals surface area contributed by atoms with Gasteiger partial charge in [0, 0.05) is 23.5 Å². The van der Waals surface area contributed by atoms with Crippen molar-refractivity contribution in [3.8, 4) is 0 Å². The standard InChI is InChI=1S/C13H13BrN2O3/c1-19-13(18)4-2-3-11(17)10-7-15-12-6-5-9(14)8-16(10)12/h5-8H,2-4H2,1H3. The molecule has 2 aromatic rings. The Morgan fingerprint density at radius 3 is 2.89 bits per heavy atom. The summed E-state index contributed by atoms with van der Waals surface area (Å²) in [5, 5.41) is 0. The third kappa shape index (κ3) is 3.20. The Morgan fingerprint density at radius 2 is 2.16 bits per heavy atom. The number of aromatic nitrogens is 2. The van der Waals surface area contributed by atoms with Gasteiger partial charge >= 0.3 is 5.97 Å². The first-order valence-corrected chi connectivity index (χ1v) is 6.63. The second kappa shape index (κ2) is 5.97. The Balaban J connectivity index is 2.09. The molecule has 0 unspecified atom stereocenters. The summed E-state index contributed by atoms with van der Waals surface area (Å²) in [6, 6.07) is 3.70. The molecule has 100 valence electrons. The molecular weight excluding hydrogens is 312 g/mol. The number of ether oxygens (including phenoxy) is 1. The van der Waals surface area contributed by atoms with Crippen LogP contribution in [-0.2, 0) is 9.53 Å². The molecule has 0 radical (unpaired) electrons. The van der Waals surface area contributed by atoms with Gasteiger partial charge in [-0.15, -0.1) is 0 Å². The first-order valence-electron chi connectivity index (χ1n) is 5.84. The van der Waals surface area contributed by atoms with Crippen LogP contribution in [0.1, 0.15) is 29.8 Å². The number of hydrogen-bond donors (Lipinski definition) is 0. The highest BCUT2D eigenvalue weighted by Gasteiger charge is 2.13. The van der Waals surface area contributed by atoms with Crippen LogP contribution < -0.4 is 0 Å². The Labute approximate surface area is 118 Å². The summed E-state index contributed by atoms with van der Waals surface area (Å²) in [6.45, 7) is 0. The lowest BCUT2D eigenvalue weighted by molar-refractivity contribution is -0.140. The van der Waals surface area contributed by atoms with E-state index in [9.17, 15) is 9.59 Å². The largest absolute Gasteiger partial charge is 0.469 e. The minimum absolute atomic E-state index is 0.0329. The fraction of sp³-hybridized carbons (Fsp3) is 0.308. The number of methoxy groups -OCH3 is 1. The molecule has 19 heavy (non-hydrogen) atoms. The van der Waals surface area contributed by atoms with Gasteiger partial charge in [0.25, 0.3) is 0 Å². The molecule has 0 fully saturated rings. The van der Waals surface area contributed by atoms with E-state index in [-0.39, 0.29) is 18.2 Å². The van der Waals surface area contributed by atoms with Crippen molar-refractivity contribution in [3.63, 3.8) is 0 Å². The third-order valence-electron chi connectivity index (χ3n) is 2.77. The van der Waals surface area contributed by atoms with Gasteiger partial charge in [0.1, 0.15) is 11.3 Å².